The average molecular weight is 325 g/mol. The second-order valence-electron chi connectivity index (χ2n) is 4.26. The summed E-state index contributed by atoms with van der Waals surface area (Å²) in [7, 11) is -3.13. The first-order chi connectivity index (χ1) is 8.38. The van der Waals surface area contributed by atoms with E-state index in [4.69, 9.17) is 0 Å². The van der Waals surface area contributed by atoms with Crippen LogP contribution in [-0.2, 0) is 9.84 Å². The standard InChI is InChI=1S/C14H13BrO2S/c1-10-3-4-12(9-14(10)15)11-5-7-13(8-6-11)18(2,16)17/h3-9H,1-2H3. The van der Waals surface area contributed by atoms with Gasteiger partial charge < -0.3 is 0 Å². The Balaban J connectivity index is 2.43. The topological polar surface area (TPSA) is 34.1 Å². The lowest BCUT2D eigenvalue weighted by Gasteiger charge is -2.05. The van der Waals surface area contributed by atoms with Crippen molar-refractivity contribution in [2.75, 3.05) is 6.26 Å². The van der Waals surface area contributed by atoms with Crippen LogP contribution in [0, 0.1) is 6.92 Å². The van der Waals surface area contributed by atoms with Crippen molar-refractivity contribution in [1.82, 2.24) is 0 Å². The first-order valence-corrected chi connectivity index (χ1v) is 8.13. The zero-order valence-electron chi connectivity index (χ0n) is 10.1. The van der Waals surface area contributed by atoms with Crippen molar-refractivity contribution in [3.05, 3.63) is 52.5 Å². The Morgan fingerprint density at radius 2 is 1.50 bits per heavy atom. The molecule has 0 N–H and O–H groups in total. The molecule has 0 atom stereocenters. The van der Waals surface area contributed by atoms with Gasteiger partial charge in [0.1, 0.15) is 0 Å². The van der Waals surface area contributed by atoms with Crippen LogP contribution < -0.4 is 0 Å². The molecule has 18 heavy (non-hydrogen) atoms. The number of sulfone groups is 1. The molecule has 0 unspecified atom stereocenters. The molecular weight excluding hydrogens is 312 g/mol. The lowest BCUT2D eigenvalue weighted by molar-refractivity contribution is 0.602. The number of rotatable bonds is 2. The van der Waals surface area contributed by atoms with E-state index >= 15 is 0 Å². The molecule has 0 heterocycles. The van der Waals surface area contributed by atoms with Gasteiger partial charge in [0, 0.05) is 10.7 Å². The maximum absolute atomic E-state index is 11.4. The summed E-state index contributed by atoms with van der Waals surface area (Å²) in [5.74, 6) is 0. The number of hydrogen-bond acceptors (Lipinski definition) is 2. The second-order valence-corrected chi connectivity index (χ2v) is 7.13. The van der Waals surface area contributed by atoms with Crippen molar-refractivity contribution in [2.24, 2.45) is 0 Å². The molecule has 0 spiro atoms. The van der Waals surface area contributed by atoms with E-state index in [1.165, 1.54) is 11.8 Å². The lowest BCUT2D eigenvalue weighted by atomic mass is 10.0. The molecule has 0 saturated carbocycles. The van der Waals surface area contributed by atoms with Gasteiger partial charge in [-0.05, 0) is 41.8 Å². The minimum absolute atomic E-state index is 0.345. The fourth-order valence-electron chi connectivity index (χ4n) is 1.67. The quantitative estimate of drug-likeness (QED) is 0.841. The highest BCUT2D eigenvalue weighted by Crippen LogP contribution is 2.26. The van der Waals surface area contributed by atoms with Crippen LogP contribution >= 0.6 is 15.9 Å². The van der Waals surface area contributed by atoms with E-state index in [9.17, 15) is 8.42 Å². The van der Waals surface area contributed by atoms with E-state index in [2.05, 4.69) is 15.9 Å². The normalized spacial score (nSPS) is 11.5. The van der Waals surface area contributed by atoms with Gasteiger partial charge in [0.2, 0.25) is 0 Å². The van der Waals surface area contributed by atoms with Gasteiger partial charge in [0.15, 0.2) is 9.84 Å². The molecule has 2 aromatic rings. The van der Waals surface area contributed by atoms with Gasteiger partial charge in [-0.25, -0.2) is 8.42 Å². The molecule has 2 rings (SSSR count). The Kier molecular flexibility index (Phi) is 3.59. The van der Waals surface area contributed by atoms with E-state index in [-0.39, 0.29) is 0 Å². The molecule has 0 saturated heterocycles. The molecule has 94 valence electrons. The summed E-state index contributed by atoms with van der Waals surface area (Å²) in [5.41, 5.74) is 3.24. The van der Waals surface area contributed by atoms with E-state index in [1.54, 1.807) is 12.1 Å². The van der Waals surface area contributed by atoms with Gasteiger partial charge in [0.05, 0.1) is 4.90 Å². The highest BCUT2D eigenvalue weighted by atomic mass is 79.9. The predicted octanol–water partition coefficient (Wildman–Crippen LogP) is 3.83. The van der Waals surface area contributed by atoms with Crippen molar-refractivity contribution < 1.29 is 8.42 Å². The number of aryl methyl sites for hydroxylation is 1. The van der Waals surface area contributed by atoms with Crippen molar-refractivity contribution in [3.63, 3.8) is 0 Å². The van der Waals surface area contributed by atoms with Crippen molar-refractivity contribution in [3.8, 4) is 11.1 Å². The zero-order valence-corrected chi connectivity index (χ0v) is 12.5. The maximum atomic E-state index is 11.4. The van der Waals surface area contributed by atoms with Crippen LogP contribution in [0.5, 0.6) is 0 Å². The van der Waals surface area contributed by atoms with E-state index in [0.29, 0.717) is 4.90 Å². The van der Waals surface area contributed by atoms with Crippen LogP contribution in [0.3, 0.4) is 0 Å². The summed E-state index contributed by atoms with van der Waals surface area (Å²) in [6.07, 6.45) is 1.21. The Morgan fingerprint density at radius 1 is 0.944 bits per heavy atom. The van der Waals surface area contributed by atoms with Gasteiger partial charge in [-0.2, -0.15) is 0 Å². The highest BCUT2D eigenvalue weighted by Gasteiger charge is 2.07. The summed E-state index contributed by atoms with van der Waals surface area (Å²) in [6, 6.07) is 13.0. The van der Waals surface area contributed by atoms with E-state index in [0.717, 1.165) is 15.6 Å². The van der Waals surface area contributed by atoms with Crippen molar-refractivity contribution >= 4 is 25.8 Å². The molecule has 0 bridgehead atoms. The third kappa shape index (κ3) is 2.82. The number of hydrogen-bond donors (Lipinski definition) is 0. The molecule has 0 aliphatic carbocycles. The fourth-order valence-corrected chi connectivity index (χ4v) is 2.68. The van der Waals surface area contributed by atoms with Crippen LogP contribution in [0.2, 0.25) is 0 Å². The molecule has 0 amide bonds. The molecule has 0 aliphatic rings. The van der Waals surface area contributed by atoms with Gasteiger partial charge in [0.25, 0.3) is 0 Å². The molecule has 0 fully saturated rings. The molecule has 2 nitrogen and oxygen atoms in total. The van der Waals surface area contributed by atoms with Crippen LogP contribution in [0.15, 0.2) is 51.8 Å². The van der Waals surface area contributed by atoms with Gasteiger partial charge >= 0.3 is 0 Å². The molecule has 0 aromatic heterocycles. The number of halogens is 1. The SMILES string of the molecule is Cc1ccc(-c2ccc(S(C)(=O)=O)cc2)cc1Br. The summed E-state index contributed by atoms with van der Waals surface area (Å²) in [4.78, 5) is 0.345. The molecule has 0 radical (unpaired) electrons. The Labute approximate surface area is 116 Å². The van der Waals surface area contributed by atoms with E-state index in [1.807, 2.05) is 37.3 Å². The van der Waals surface area contributed by atoms with E-state index < -0.39 is 9.84 Å². The highest BCUT2D eigenvalue weighted by molar-refractivity contribution is 9.10. The monoisotopic (exact) mass is 324 g/mol. The second kappa shape index (κ2) is 4.86. The largest absolute Gasteiger partial charge is 0.224 e. The molecule has 2 aromatic carbocycles. The molecular formula is C14H13BrO2S. The van der Waals surface area contributed by atoms with Gasteiger partial charge in [-0.1, -0.05) is 40.2 Å². The fraction of sp³-hybridized carbons (Fsp3) is 0.143. The number of benzene rings is 2. The molecule has 0 aliphatic heterocycles. The average Bonchev–Trinajstić information content (AvgIpc) is 2.32. The third-order valence-electron chi connectivity index (χ3n) is 2.79. The smallest absolute Gasteiger partial charge is 0.175 e. The predicted molar refractivity (Wildman–Crippen MR) is 77.4 cm³/mol. The summed E-state index contributed by atoms with van der Waals surface area (Å²) in [5, 5.41) is 0. The Hall–Kier alpha value is -1.13. The third-order valence-corrected chi connectivity index (χ3v) is 4.77. The molecule has 4 heteroatoms. The van der Waals surface area contributed by atoms with Gasteiger partial charge in [-0.15, -0.1) is 0 Å². The van der Waals surface area contributed by atoms with Gasteiger partial charge in [-0.3, -0.25) is 0 Å². The maximum Gasteiger partial charge on any atom is 0.175 e. The van der Waals surface area contributed by atoms with Crippen LogP contribution in [-0.4, -0.2) is 14.7 Å². The van der Waals surface area contributed by atoms with Crippen molar-refractivity contribution in [1.29, 1.82) is 0 Å². The summed E-state index contributed by atoms with van der Waals surface area (Å²) < 4.78 is 23.8. The minimum atomic E-state index is -3.13. The zero-order chi connectivity index (χ0) is 13.3. The Morgan fingerprint density at radius 3 is 2.00 bits per heavy atom. The first kappa shape index (κ1) is 13.3. The summed E-state index contributed by atoms with van der Waals surface area (Å²) >= 11 is 3.49. The summed E-state index contributed by atoms with van der Waals surface area (Å²) in [6.45, 7) is 2.03. The van der Waals surface area contributed by atoms with Crippen LogP contribution in [0.4, 0.5) is 0 Å². The van der Waals surface area contributed by atoms with Crippen molar-refractivity contribution in [2.45, 2.75) is 11.8 Å². The van der Waals surface area contributed by atoms with Crippen LogP contribution in [0.25, 0.3) is 11.1 Å². The first-order valence-electron chi connectivity index (χ1n) is 5.44. The minimum Gasteiger partial charge on any atom is -0.224 e. The lowest BCUT2D eigenvalue weighted by Crippen LogP contribution is -1.96. The Bertz CT molecular complexity index is 673. The van der Waals surface area contributed by atoms with Crippen LogP contribution in [0.1, 0.15) is 5.56 Å².